The van der Waals surface area contributed by atoms with Crippen molar-refractivity contribution in [3.63, 3.8) is 0 Å². The Morgan fingerprint density at radius 1 is 0.892 bits per heavy atom. The summed E-state index contributed by atoms with van der Waals surface area (Å²) in [7, 11) is 0. The number of anilines is 1. The Morgan fingerprint density at radius 2 is 1.54 bits per heavy atom. The molecule has 0 spiro atoms. The van der Waals surface area contributed by atoms with Gasteiger partial charge in [0.25, 0.3) is 5.91 Å². The SMILES string of the molecule is CC.CC.CCCOC(=O)c1cc(-c2cnc[nH]2)ccc1NC(=O)c1cc(C)c(C(C)=O)cc1C(C)=O. The largest absolute Gasteiger partial charge is 0.462 e. The zero-order valence-electron chi connectivity index (χ0n) is 22.9. The lowest BCUT2D eigenvalue weighted by atomic mass is 9.94. The van der Waals surface area contributed by atoms with Crippen LogP contribution in [0.4, 0.5) is 5.69 Å². The first-order valence-corrected chi connectivity index (χ1v) is 12.5. The molecular weight excluding hydrogens is 470 g/mol. The number of ketones is 2. The Kier molecular flexibility index (Phi) is 12.7. The predicted octanol–water partition coefficient (Wildman–Crippen LogP) is 6.66. The van der Waals surface area contributed by atoms with Crippen LogP contribution in [0.3, 0.4) is 0 Å². The normalized spacial score (nSPS) is 9.73. The molecule has 3 aromatic rings. The molecule has 2 aromatic carbocycles. The number of nitrogens with one attached hydrogen (secondary N) is 2. The molecule has 8 heteroatoms. The Morgan fingerprint density at radius 3 is 2.08 bits per heavy atom. The van der Waals surface area contributed by atoms with Crippen LogP contribution in [0.5, 0.6) is 0 Å². The minimum atomic E-state index is -0.580. The Bertz CT molecular complexity index is 1230. The smallest absolute Gasteiger partial charge is 0.340 e. The number of ether oxygens (including phenoxy) is 1. The number of aromatic nitrogens is 2. The van der Waals surface area contributed by atoms with Crippen LogP contribution in [-0.2, 0) is 4.74 Å². The molecule has 0 unspecified atom stereocenters. The third kappa shape index (κ3) is 7.96. The van der Waals surface area contributed by atoms with Gasteiger partial charge in [-0.2, -0.15) is 0 Å². The number of carbonyl (C=O) groups is 4. The van der Waals surface area contributed by atoms with Crippen molar-refractivity contribution in [2.45, 2.75) is 61.8 Å². The minimum Gasteiger partial charge on any atom is -0.462 e. The number of amides is 1. The van der Waals surface area contributed by atoms with Crippen LogP contribution in [0.25, 0.3) is 11.3 Å². The summed E-state index contributed by atoms with van der Waals surface area (Å²) in [6.07, 6.45) is 3.79. The number of benzene rings is 2. The van der Waals surface area contributed by atoms with Gasteiger partial charge in [-0.05, 0) is 57.0 Å². The molecule has 0 aliphatic heterocycles. The molecule has 3 rings (SSSR count). The Hall–Kier alpha value is -4.07. The third-order valence-corrected chi connectivity index (χ3v) is 5.10. The summed E-state index contributed by atoms with van der Waals surface area (Å²) < 4.78 is 5.29. The standard InChI is InChI=1S/C25H25N3O5.2C2H6/c1-5-8-33-25(32)21-10-17(23-12-26-13-27-23)6-7-22(21)28-24(31)20-9-14(2)18(15(3)29)11-19(20)16(4)30;2*1-2/h6-7,9-13H,5,8H2,1-4H3,(H,26,27)(H,28,31);2*1-2H3. The van der Waals surface area contributed by atoms with E-state index in [0.29, 0.717) is 28.8 Å². The average Bonchev–Trinajstić information content (AvgIpc) is 3.44. The fourth-order valence-electron chi connectivity index (χ4n) is 3.43. The first-order valence-electron chi connectivity index (χ1n) is 12.5. The van der Waals surface area contributed by atoms with Crippen molar-refractivity contribution < 1.29 is 23.9 Å². The monoisotopic (exact) mass is 507 g/mol. The lowest BCUT2D eigenvalue weighted by Crippen LogP contribution is -2.19. The van der Waals surface area contributed by atoms with Crippen LogP contribution >= 0.6 is 0 Å². The van der Waals surface area contributed by atoms with Gasteiger partial charge in [-0.25, -0.2) is 9.78 Å². The van der Waals surface area contributed by atoms with E-state index in [9.17, 15) is 19.2 Å². The van der Waals surface area contributed by atoms with Crippen LogP contribution in [0, 0.1) is 6.92 Å². The van der Waals surface area contributed by atoms with E-state index in [4.69, 9.17) is 4.74 Å². The highest BCUT2D eigenvalue weighted by Crippen LogP contribution is 2.26. The second-order valence-corrected chi connectivity index (χ2v) is 7.64. The van der Waals surface area contributed by atoms with Gasteiger partial charge in [0.15, 0.2) is 11.6 Å². The van der Waals surface area contributed by atoms with Crippen LogP contribution in [-0.4, -0.2) is 40.0 Å². The maximum Gasteiger partial charge on any atom is 0.340 e. The molecule has 0 saturated heterocycles. The van der Waals surface area contributed by atoms with E-state index in [-0.39, 0.29) is 40.6 Å². The lowest BCUT2D eigenvalue weighted by molar-refractivity contribution is 0.0506. The second kappa shape index (κ2) is 15.1. The zero-order valence-corrected chi connectivity index (χ0v) is 22.9. The van der Waals surface area contributed by atoms with Gasteiger partial charge < -0.3 is 15.0 Å². The number of aryl methyl sites for hydroxylation is 1. The van der Waals surface area contributed by atoms with Gasteiger partial charge in [0.2, 0.25) is 0 Å². The molecular formula is C29H37N3O5. The molecule has 0 bridgehead atoms. The fraction of sp³-hybridized carbons (Fsp3) is 0.345. The quantitative estimate of drug-likeness (QED) is 0.260. The molecule has 0 aliphatic rings. The minimum absolute atomic E-state index is 0.121. The second-order valence-electron chi connectivity index (χ2n) is 7.64. The summed E-state index contributed by atoms with van der Waals surface area (Å²) in [6, 6.07) is 7.89. The number of rotatable bonds is 8. The van der Waals surface area contributed by atoms with Gasteiger partial charge in [-0.1, -0.05) is 40.7 Å². The molecule has 0 saturated carbocycles. The molecule has 8 nitrogen and oxygen atoms in total. The van der Waals surface area contributed by atoms with E-state index < -0.39 is 11.9 Å². The maximum absolute atomic E-state index is 13.2. The number of nitrogens with zero attached hydrogens (tertiary/aromatic N) is 1. The van der Waals surface area contributed by atoms with Crippen LogP contribution in [0.1, 0.15) is 102 Å². The molecule has 37 heavy (non-hydrogen) atoms. The van der Waals surface area contributed by atoms with Crippen molar-refractivity contribution in [1.29, 1.82) is 0 Å². The van der Waals surface area contributed by atoms with E-state index in [1.165, 1.54) is 32.3 Å². The van der Waals surface area contributed by atoms with E-state index >= 15 is 0 Å². The number of hydrogen-bond acceptors (Lipinski definition) is 6. The molecule has 0 radical (unpaired) electrons. The highest BCUT2D eigenvalue weighted by Gasteiger charge is 2.22. The number of esters is 1. The highest BCUT2D eigenvalue weighted by atomic mass is 16.5. The third-order valence-electron chi connectivity index (χ3n) is 5.10. The van der Waals surface area contributed by atoms with Crippen molar-refractivity contribution >= 4 is 29.1 Å². The van der Waals surface area contributed by atoms with E-state index in [2.05, 4.69) is 15.3 Å². The number of imidazole rings is 1. The Labute approximate surface area is 218 Å². The van der Waals surface area contributed by atoms with E-state index in [1.807, 2.05) is 34.6 Å². The van der Waals surface area contributed by atoms with Crippen LogP contribution in [0.15, 0.2) is 42.9 Å². The summed E-state index contributed by atoms with van der Waals surface area (Å²) in [6.45, 7) is 14.6. The van der Waals surface area contributed by atoms with E-state index in [0.717, 1.165) is 0 Å². The summed E-state index contributed by atoms with van der Waals surface area (Å²) in [4.78, 5) is 56.9. The molecule has 198 valence electrons. The van der Waals surface area contributed by atoms with Crippen molar-refractivity contribution in [3.8, 4) is 11.3 Å². The van der Waals surface area contributed by atoms with E-state index in [1.54, 1.807) is 31.3 Å². The summed E-state index contributed by atoms with van der Waals surface area (Å²) in [5.74, 6) is -1.70. The molecule has 1 amide bonds. The zero-order chi connectivity index (χ0) is 28.1. The van der Waals surface area contributed by atoms with Crippen molar-refractivity contribution in [2.75, 3.05) is 11.9 Å². The van der Waals surface area contributed by atoms with Gasteiger partial charge >= 0.3 is 5.97 Å². The van der Waals surface area contributed by atoms with Crippen LogP contribution in [0.2, 0.25) is 0 Å². The molecule has 0 atom stereocenters. The first kappa shape index (κ1) is 31.0. The summed E-state index contributed by atoms with van der Waals surface area (Å²) in [5.41, 5.74) is 3.02. The lowest BCUT2D eigenvalue weighted by Gasteiger charge is -2.15. The Balaban J connectivity index is 0.00000163. The van der Waals surface area contributed by atoms with Gasteiger partial charge in [0.05, 0.1) is 41.6 Å². The molecule has 1 aromatic heterocycles. The van der Waals surface area contributed by atoms with Gasteiger partial charge in [-0.15, -0.1) is 0 Å². The average molecular weight is 508 g/mol. The topological polar surface area (TPSA) is 118 Å². The number of H-pyrrole nitrogens is 1. The fourth-order valence-corrected chi connectivity index (χ4v) is 3.43. The van der Waals surface area contributed by atoms with Gasteiger partial charge in [0, 0.05) is 16.7 Å². The molecule has 2 N–H and O–H groups in total. The number of Topliss-reactive ketones (excluding diaryl/α,β-unsaturated/α-hetero) is 2. The van der Waals surface area contributed by atoms with Gasteiger partial charge in [0.1, 0.15) is 0 Å². The summed E-state index contributed by atoms with van der Waals surface area (Å²) >= 11 is 0. The number of hydrogen-bond donors (Lipinski definition) is 2. The van der Waals surface area contributed by atoms with Gasteiger partial charge in [-0.3, -0.25) is 14.4 Å². The number of aromatic amines is 1. The molecule has 0 aliphatic carbocycles. The first-order chi connectivity index (χ1) is 17.7. The van der Waals surface area contributed by atoms with Crippen molar-refractivity contribution in [1.82, 2.24) is 9.97 Å². The maximum atomic E-state index is 13.2. The predicted molar refractivity (Wildman–Crippen MR) is 146 cm³/mol. The number of carbonyl (C=O) groups excluding carboxylic acids is 4. The van der Waals surface area contributed by atoms with Crippen molar-refractivity contribution in [3.05, 3.63) is 70.7 Å². The highest BCUT2D eigenvalue weighted by molar-refractivity contribution is 6.15. The van der Waals surface area contributed by atoms with Crippen molar-refractivity contribution in [2.24, 2.45) is 0 Å². The van der Waals surface area contributed by atoms with Crippen LogP contribution < -0.4 is 5.32 Å². The molecule has 0 fully saturated rings. The molecule has 1 heterocycles. The summed E-state index contributed by atoms with van der Waals surface area (Å²) in [5, 5.41) is 2.73.